The first-order valence-electron chi connectivity index (χ1n) is 5.14. The zero-order chi connectivity index (χ0) is 12.6. The lowest BCUT2D eigenvalue weighted by Crippen LogP contribution is -2.32. The van der Waals surface area contributed by atoms with Crippen molar-refractivity contribution >= 4 is 17.8 Å². The van der Waals surface area contributed by atoms with Crippen LogP contribution >= 0.6 is 0 Å². The van der Waals surface area contributed by atoms with Gasteiger partial charge in [0.15, 0.2) is 0 Å². The number of hydrogen-bond donors (Lipinski definition) is 1. The molecule has 0 unspecified atom stereocenters. The van der Waals surface area contributed by atoms with Crippen molar-refractivity contribution in [1.82, 2.24) is 0 Å². The van der Waals surface area contributed by atoms with E-state index in [4.69, 9.17) is 5.73 Å². The maximum Gasteiger partial charge on any atom is 0.318 e. The summed E-state index contributed by atoms with van der Waals surface area (Å²) in [4.78, 5) is 33.3. The molecule has 6 heteroatoms. The lowest BCUT2D eigenvalue weighted by atomic mass is 10.0. The van der Waals surface area contributed by atoms with E-state index in [0.29, 0.717) is 0 Å². The number of ether oxygens (including phenoxy) is 2. The highest BCUT2D eigenvalue weighted by Gasteiger charge is 2.26. The normalized spacial score (nSPS) is 11.6. The third-order valence-electron chi connectivity index (χ3n) is 1.86. The maximum atomic E-state index is 11.3. The van der Waals surface area contributed by atoms with Gasteiger partial charge in [0.2, 0.25) is 5.91 Å². The van der Waals surface area contributed by atoms with Crippen LogP contribution in [0.1, 0.15) is 26.7 Å². The Morgan fingerprint density at radius 3 is 2.12 bits per heavy atom. The van der Waals surface area contributed by atoms with Crippen LogP contribution in [0.25, 0.3) is 0 Å². The molecule has 0 aliphatic carbocycles. The summed E-state index contributed by atoms with van der Waals surface area (Å²) in [6.45, 7) is 3.73. The van der Waals surface area contributed by atoms with Crippen molar-refractivity contribution in [3.8, 4) is 0 Å². The largest absolute Gasteiger partial charge is 0.466 e. The van der Waals surface area contributed by atoms with Crippen molar-refractivity contribution in [2.75, 3.05) is 13.2 Å². The third-order valence-corrected chi connectivity index (χ3v) is 1.86. The summed E-state index contributed by atoms with van der Waals surface area (Å²) in [6, 6.07) is 0. The SMILES string of the molecule is CCOC(=O)CC[C@@H](C(N)=O)C(=O)OCC. The molecule has 16 heavy (non-hydrogen) atoms. The van der Waals surface area contributed by atoms with Crippen LogP contribution in [0, 0.1) is 5.92 Å². The van der Waals surface area contributed by atoms with E-state index in [1.165, 1.54) is 0 Å². The van der Waals surface area contributed by atoms with Crippen LogP contribution in [0.15, 0.2) is 0 Å². The number of amides is 1. The Kier molecular flexibility index (Phi) is 6.91. The van der Waals surface area contributed by atoms with Crippen LogP contribution in [0.4, 0.5) is 0 Å². The van der Waals surface area contributed by atoms with Gasteiger partial charge in [-0.05, 0) is 20.3 Å². The van der Waals surface area contributed by atoms with Crippen LogP contribution in [-0.4, -0.2) is 31.1 Å². The molecular weight excluding hydrogens is 214 g/mol. The van der Waals surface area contributed by atoms with E-state index in [2.05, 4.69) is 9.47 Å². The molecule has 1 amide bonds. The molecule has 0 saturated heterocycles. The molecule has 0 aromatic carbocycles. The molecule has 0 aliphatic rings. The second-order valence-corrected chi connectivity index (χ2v) is 3.05. The van der Waals surface area contributed by atoms with Crippen molar-refractivity contribution in [2.45, 2.75) is 26.7 Å². The van der Waals surface area contributed by atoms with Gasteiger partial charge in [0, 0.05) is 6.42 Å². The average molecular weight is 231 g/mol. The number of carbonyl (C=O) groups excluding carboxylic acids is 3. The summed E-state index contributed by atoms with van der Waals surface area (Å²) < 4.78 is 9.33. The minimum atomic E-state index is -1.08. The third kappa shape index (κ3) is 5.33. The first-order chi connectivity index (χ1) is 7.52. The Labute approximate surface area is 94.1 Å². The standard InChI is InChI=1S/C10H17NO5/c1-3-15-8(12)6-5-7(9(11)13)10(14)16-4-2/h7H,3-6H2,1-2H3,(H2,11,13)/t7-/m0/s1. The van der Waals surface area contributed by atoms with Gasteiger partial charge in [-0.1, -0.05) is 0 Å². The molecule has 2 N–H and O–H groups in total. The topological polar surface area (TPSA) is 95.7 Å². The van der Waals surface area contributed by atoms with E-state index in [0.717, 1.165) is 0 Å². The van der Waals surface area contributed by atoms with Crippen LogP contribution in [0.3, 0.4) is 0 Å². The van der Waals surface area contributed by atoms with Crippen LogP contribution < -0.4 is 5.73 Å². The average Bonchev–Trinajstić information content (AvgIpc) is 2.18. The maximum absolute atomic E-state index is 11.3. The Balaban J connectivity index is 4.19. The zero-order valence-corrected chi connectivity index (χ0v) is 9.52. The second kappa shape index (κ2) is 7.67. The fraction of sp³-hybridized carbons (Fsp3) is 0.700. The first kappa shape index (κ1) is 14.4. The summed E-state index contributed by atoms with van der Waals surface area (Å²) in [7, 11) is 0. The zero-order valence-electron chi connectivity index (χ0n) is 9.52. The highest BCUT2D eigenvalue weighted by molar-refractivity contribution is 5.97. The van der Waals surface area contributed by atoms with E-state index < -0.39 is 23.8 Å². The lowest BCUT2D eigenvalue weighted by Gasteiger charge is -2.11. The predicted octanol–water partition coefficient (Wildman–Crippen LogP) is -0.00570. The Bertz CT molecular complexity index is 264. The summed E-state index contributed by atoms with van der Waals surface area (Å²) in [5.41, 5.74) is 5.04. The van der Waals surface area contributed by atoms with Gasteiger partial charge in [0.1, 0.15) is 5.92 Å². The molecule has 0 bridgehead atoms. The van der Waals surface area contributed by atoms with E-state index in [1.54, 1.807) is 13.8 Å². The molecule has 6 nitrogen and oxygen atoms in total. The fourth-order valence-electron chi connectivity index (χ4n) is 1.11. The van der Waals surface area contributed by atoms with Gasteiger partial charge in [-0.25, -0.2) is 0 Å². The van der Waals surface area contributed by atoms with Crippen molar-refractivity contribution in [3.63, 3.8) is 0 Å². The summed E-state index contributed by atoms with van der Waals surface area (Å²) in [5, 5.41) is 0. The fourth-order valence-corrected chi connectivity index (χ4v) is 1.11. The minimum absolute atomic E-state index is 0.0208. The van der Waals surface area contributed by atoms with Gasteiger partial charge in [-0.2, -0.15) is 0 Å². The lowest BCUT2D eigenvalue weighted by molar-refractivity contribution is -0.152. The van der Waals surface area contributed by atoms with Crippen molar-refractivity contribution < 1.29 is 23.9 Å². The quantitative estimate of drug-likeness (QED) is 0.491. The second-order valence-electron chi connectivity index (χ2n) is 3.05. The van der Waals surface area contributed by atoms with E-state index >= 15 is 0 Å². The number of hydrogen-bond acceptors (Lipinski definition) is 5. The number of nitrogens with two attached hydrogens (primary N) is 1. The van der Waals surface area contributed by atoms with Crippen LogP contribution in [0.2, 0.25) is 0 Å². The summed E-state index contributed by atoms with van der Waals surface area (Å²) in [6.07, 6.45) is -0.00669. The Morgan fingerprint density at radius 1 is 1.12 bits per heavy atom. The molecule has 92 valence electrons. The number of carbonyl (C=O) groups is 3. The van der Waals surface area contributed by atoms with Crippen molar-refractivity contribution in [3.05, 3.63) is 0 Å². The highest BCUT2D eigenvalue weighted by atomic mass is 16.5. The molecule has 0 aromatic rings. The van der Waals surface area contributed by atoms with Gasteiger partial charge in [0.25, 0.3) is 0 Å². The molecule has 0 saturated carbocycles. The predicted molar refractivity (Wildman–Crippen MR) is 55.2 cm³/mol. The van der Waals surface area contributed by atoms with Gasteiger partial charge in [0.05, 0.1) is 13.2 Å². The van der Waals surface area contributed by atoms with Gasteiger partial charge in [-0.3, -0.25) is 14.4 Å². The molecule has 0 aliphatic heterocycles. The molecule has 0 fully saturated rings. The molecule has 0 aromatic heterocycles. The minimum Gasteiger partial charge on any atom is -0.466 e. The van der Waals surface area contributed by atoms with Crippen molar-refractivity contribution in [2.24, 2.45) is 11.7 Å². The number of rotatable bonds is 7. The molecule has 0 heterocycles. The van der Waals surface area contributed by atoms with E-state index in [-0.39, 0.29) is 26.1 Å². The molecule has 1 atom stereocenters. The Morgan fingerprint density at radius 2 is 1.69 bits per heavy atom. The van der Waals surface area contributed by atoms with E-state index in [9.17, 15) is 14.4 Å². The highest BCUT2D eigenvalue weighted by Crippen LogP contribution is 2.09. The molecule has 0 rings (SSSR count). The number of primary amides is 1. The number of esters is 2. The van der Waals surface area contributed by atoms with Gasteiger partial charge < -0.3 is 15.2 Å². The molecule has 0 radical (unpaired) electrons. The Hall–Kier alpha value is -1.59. The van der Waals surface area contributed by atoms with Gasteiger partial charge >= 0.3 is 11.9 Å². The smallest absolute Gasteiger partial charge is 0.318 e. The van der Waals surface area contributed by atoms with E-state index in [1.807, 2.05) is 0 Å². The first-order valence-corrected chi connectivity index (χ1v) is 5.14. The summed E-state index contributed by atoms with van der Waals surface area (Å²) in [5.74, 6) is -3.02. The van der Waals surface area contributed by atoms with Crippen molar-refractivity contribution in [1.29, 1.82) is 0 Å². The van der Waals surface area contributed by atoms with Crippen LogP contribution in [0.5, 0.6) is 0 Å². The molecule has 0 spiro atoms. The summed E-state index contributed by atoms with van der Waals surface area (Å²) >= 11 is 0. The van der Waals surface area contributed by atoms with Crippen LogP contribution in [-0.2, 0) is 23.9 Å². The van der Waals surface area contributed by atoms with Gasteiger partial charge in [-0.15, -0.1) is 0 Å². The monoisotopic (exact) mass is 231 g/mol. The molecular formula is C10H17NO5.